The van der Waals surface area contributed by atoms with Gasteiger partial charge in [-0.15, -0.1) is 11.8 Å². The second kappa shape index (κ2) is 8.21. The van der Waals surface area contributed by atoms with E-state index < -0.39 is 0 Å². The molecular formula is C19H27N3O2S. The molecule has 1 aliphatic carbocycles. The highest BCUT2D eigenvalue weighted by Crippen LogP contribution is 2.39. The first-order chi connectivity index (χ1) is 12.1. The quantitative estimate of drug-likeness (QED) is 0.810. The number of pyridine rings is 1. The lowest BCUT2D eigenvalue weighted by Crippen LogP contribution is -2.50. The number of rotatable bonds is 7. The fraction of sp³-hybridized carbons (Fsp3) is 0.632. The third-order valence-electron chi connectivity index (χ3n) is 4.66. The van der Waals surface area contributed by atoms with Gasteiger partial charge < -0.3 is 10.2 Å². The standard InChI is InChI=1S/C19H27N3O2S/c1-13(2)11-17-22(19(24)14-6-7-14)16(12-25-17)18(23)21-10-8-15-5-3-4-9-20-15/h3-5,9,13-14,16-17H,6-8,10-12H2,1-2H3,(H,21,23). The van der Waals surface area contributed by atoms with Crippen molar-refractivity contribution >= 4 is 23.6 Å². The number of carbonyl (C=O) groups excluding carboxylic acids is 2. The first kappa shape index (κ1) is 18.2. The summed E-state index contributed by atoms with van der Waals surface area (Å²) in [5.74, 6) is 1.52. The highest BCUT2D eigenvalue weighted by Gasteiger charge is 2.45. The fourth-order valence-corrected chi connectivity index (χ4v) is 4.81. The van der Waals surface area contributed by atoms with Crippen molar-refractivity contribution in [3.8, 4) is 0 Å². The Morgan fingerprint density at radius 2 is 2.16 bits per heavy atom. The second-order valence-electron chi connectivity index (χ2n) is 7.32. The van der Waals surface area contributed by atoms with Crippen LogP contribution in [0, 0.1) is 11.8 Å². The zero-order valence-electron chi connectivity index (χ0n) is 15.0. The van der Waals surface area contributed by atoms with Crippen LogP contribution >= 0.6 is 11.8 Å². The Morgan fingerprint density at radius 1 is 1.36 bits per heavy atom. The van der Waals surface area contributed by atoms with Crippen LogP contribution in [0.25, 0.3) is 0 Å². The Labute approximate surface area is 154 Å². The van der Waals surface area contributed by atoms with E-state index in [4.69, 9.17) is 0 Å². The van der Waals surface area contributed by atoms with Crippen molar-refractivity contribution < 1.29 is 9.59 Å². The first-order valence-corrected chi connectivity index (χ1v) is 10.2. The maximum absolute atomic E-state index is 12.7. The average molecular weight is 362 g/mol. The summed E-state index contributed by atoms with van der Waals surface area (Å²) in [6.07, 6.45) is 5.36. The van der Waals surface area contributed by atoms with Gasteiger partial charge in [-0.05, 0) is 37.3 Å². The molecule has 25 heavy (non-hydrogen) atoms. The first-order valence-electron chi connectivity index (χ1n) is 9.17. The second-order valence-corrected chi connectivity index (χ2v) is 8.53. The van der Waals surface area contributed by atoms with Crippen LogP contribution in [0.15, 0.2) is 24.4 Å². The summed E-state index contributed by atoms with van der Waals surface area (Å²) in [7, 11) is 0. The van der Waals surface area contributed by atoms with Crippen LogP contribution in [0.3, 0.4) is 0 Å². The van der Waals surface area contributed by atoms with E-state index in [0.29, 0.717) is 24.6 Å². The van der Waals surface area contributed by atoms with Crippen molar-refractivity contribution in [3.63, 3.8) is 0 Å². The molecule has 1 saturated carbocycles. The predicted octanol–water partition coefficient (Wildman–Crippen LogP) is 2.47. The molecule has 2 atom stereocenters. The van der Waals surface area contributed by atoms with Crippen molar-refractivity contribution in [1.29, 1.82) is 0 Å². The van der Waals surface area contributed by atoms with E-state index in [1.807, 2.05) is 23.1 Å². The van der Waals surface area contributed by atoms with Gasteiger partial charge >= 0.3 is 0 Å². The van der Waals surface area contributed by atoms with Crippen LogP contribution in [0.2, 0.25) is 0 Å². The summed E-state index contributed by atoms with van der Waals surface area (Å²) in [4.78, 5) is 31.6. The molecule has 0 aromatic carbocycles. The maximum Gasteiger partial charge on any atom is 0.243 e. The van der Waals surface area contributed by atoms with Gasteiger partial charge in [0.25, 0.3) is 0 Å². The molecule has 2 fully saturated rings. The number of aromatic nitrogens is 1. The van der Waals surface area contributed by atoms with Crippen LogP contribution in [0.5, 0.6) is 0 Å². The molecular weight excluding hydrogens is 334 g/mol. The minimum absolute atomic E-state index is 0.0244. The normalized spacial score (nSPS) is 23.1. The molecule has 5 nitrogen and oxygen atoms in total. The highest BCUT2D eigenvalue weighted by atomic mass is 32.2. The molecule has 0 spiro atoms. The van der Waals surface area contributed by atoms with E-state index in [9.17, 15) is 9.59 Å². The summed E-state index contributed by atoms with van der Waals surface area (Å²) in [5, 5.41) is 3.14. The van der Waals surface area contributed by atoms with Crippen molar-refractivity contribution in [3.05, 3.63) is 30.1 Å². The number of nitrogens with one attached hydrogen (secondary N) is 1. The Hall–Kier alpha value is -1.56. The molecule has 1 saturated heterocycles. The van der Waals surface area contributed by atoms with Gasteiger partial charge in [-0.2, -0.15) is 0 Å². The Balaban J connectivity index is 1.58. The molecule has 2 aliphatic rings. The van der Waals surface area contributed by atoms with E-state index in [-0.39, 0.29) is 29.1 Å². The van der Waals surface area contributed by atoms with Crippen LogP contribution in [-0.4, -0.2) is 45.4 Å². The third kappa shape index (κ3) is 4.75. The minimum atomic E-state index is -0.328. The lowest BCUT2D eigenvalue weighted by molar-refractivity contribution is -0.141. The lowest BCUT2D eigenvalue weighted by atomic mass is 10.1. The summed E-state index contributed by atoms with van der Waals surface area (Å²) < 4.78 is 0. The zero-order valence-corrected chi connectivity index (χ0v) is 15.8. The van der Waals surface area contributed by atoms with Crippen LogP contribution < -0.4 is 5.32 Å². The molecule has 2 unspecified atom stereocenters. The molecule has 0 bridgehead atoms. The molecule has 3 rings (SSSR count). The molecule has 2 amide bonds. The number of thioether (sulfide) groups is 1. The number of hydrogen-bond acceptors (Lipinski definition) is 4. The predicted molar refractivity (Wildman–Crippen MR) is 100 cm³/mol. The van der Waals surface area contributed by atoms with E-state index >= 15 is 0 Å². The van der Waals surface area contributed by atoms with E-state index in [0.717, 1.165) is 25.0 Å². The largest absolute Gasteiger partial charge is 0.354 e. The SMILES string of the molecule is CC(C)CC1SCC(C(=O)NCCc2ccccn2)N1C(=O)C1CC1. The Morgan fingerprint density at radius 3 is 2.80 bits per heavy atom. The van der Waals surface area contributed by atoms with Gasteiger partial charge in [0.1, 0.15) is 6.04 Å². The molecule has 1 N–H and O–H groups in total. The van der Waals surface area contributed by atoms with Crippen LogP contribution in [-0.2, 0) is 16.0 Å². The van der Waals surface area contributed by atoms with Gasteiger partial charge in [-0.1, -0.05) is 19.9 Å². The molecule has 136 valence electrons. The van der Waals surface area contributed by atoms with Gasteiger partial charge in [0.2, 0.25) is 11.8 Å². The summed E-state index contributed by atoms with van der Waals surface area (Å²) in [5.41, 5.74) is 0.965. The van der Waals surface area contributed by atoms with Crippen LogP contribution in [0.1, 0.15) is 38.8 Å². The molecule has 1 aromatic heterocycles. The van der Waals surface area contributed by atoms with Gasteiger partial charge in [0.05, 0.1) is 5.37 Å². The van der Waals surface area contributed by atoms with Crippen molar-refractivity contribution in [2.45, 2.75) is 50.9 Å². The topological polar surface area (TPSA) is 62.3 Å². The average Bonchev–Trinajstić information content (AvgIpc) is 3.36. The van der Waals surface area contributed by atoms with Gasteiger partial charge in [0.15, 0.2) is 0 Å². The van der Waals surface area contributed by atoms with Gasteiger partial charge in [0, 0.05) is 36.5 Å². The molecule has 6 heteroatoms. The Kier molecular flexibility index (Phi) is 5.99. The van der Waals surface area contributed by atoms with Crippen molar-refractivity contribution in [2.24, 2.45) is 11.8 Å². The smallest absolute Gasteiger partial charge is 0.243 e. The van der Waals surface area contributed by atoms with E-state index in [1.54, 1.807) is 18.0 Å². The maximum atomic E-state index is 12.7. The number of carbonyl (C=O) groups is 2. The third-order valence-corrected chi connectivity index (χ3v) is 5.97. The minimum Gasteiger partial charge on any atom is -0.354 e. The molecule has 1 aliphatic heterocycles. The van der Waals surface area contributed by atoms with Crippen LogP contribution in [0.4, 0.5) is 0 Å². The Bertz CT molecular complexity index is 604. The van der Waals surface area contributed by atoms with Gasteiger partial charge in [-0.25, -0.2) is 0 Å². The summed E-state index contributed by atoms with van der Waals surface area (Å²) in [6.45, 7) is 4.89. The molecule has 1 aromatic rings. The van der Waals surface area contributed by atoms with Crippen molar-refractivity contribution in [2.75, 3.05) is 12.3 Å². The summed E-state index contributed by atoms with van der Waals surface area (Å²) in [6, 6.07) is 5.46. The van der Waals surface area contributed by atoms with E-state index in [2.05, 4.69) is 24.1 Å². The summed E-state index contributed by atoms with van der Waals surface area (Å²) >= 11 is 1.75. The van der Waals surface area contributed by atoms with E-state index in [1.165, 1.54) is 0 Å². The monoisotopic (exact) mass is 361 g/mol. The number of amides is 2. The zero-order chi connectivity index (χ0) is 17.8. The number of hydrogen-bond donors (Lipinski definition) is 1. The molecule has 2 heterocycles. The highest BCUT2D eigenvalue weighted by molar-refractivity contribution is 8.00. The van der Waals surface area contributed by atoms with Gasteiger partial charge in [-0.3, -0.25) is 14.6 Å². The lowest BCUT2D eigenvalue weighted by Gasteiger charge is -2.30. The number of nitrogens with zero attached hydrogens (tertiary/aromatic N) is 2. The molecule has 0 radical (unpaired) electrons. The fourth-order valence-electron chi connectivity index (χ4n) is 3.16. The van der Waals surface area contributed by atoms with Crippen molar-refractivity contribution in [1.82, 2.24) is 15.2 Å².